The second-order valence-electron chi connectivity index (χ2n) is 8.75. The van der Waals surface area contributed by atoms with E-state index < -0.39 is 11.9 Å². The molecule has 7 nitrogen and oxygen atoms in total. The summed E-state index contributed by atoms with van der Waals surface area (Å²) in [6.07, 6.45) is 1.81. The highest BCUT2D eigenvalue weighted by Crippen LogP contribution is 2.29. The van der Waals surface area contributed by atoms with Gasteiger partial charge in [-0.05, 0) is 42.3 Å². The topological polar surface area (TPSA) is 82.3 Å². The van der Waals surface area contributed by atoms with E-state index in [-0.39, 0.29) is 18.3 Å². The molecular weight excluding hydrogens is 445 g/mol. The summed E-state index contributed by atoms with van der Waals surface area (Å²) in [6.45, 7) is 7.03. The van der Waals surface area contributed by atoms with E-state index in [1.165, 1.54) is 12.1 Å². The number of rotatable bonds is 8. The zero-order valence-corrected chi connectivity index (χ0v) is 20.2. The van der Waals surface area contributed by atoms with Gasteiger partial charge in [0, 0.05) is 31.9 Å². The quantitative estimate of drug-likeness (QED) is 0.438. The Morgan fingerprint density at radius 3 is 2.20 bits per heavy atom. The molecule has 1 aromatic heterocycles. The van der Waals surface area contributed by atoms with E-state index in [1.807, 2.05) is 24.3 Å². The Labute approximate surface area is 205 Å². The average molecular weight is 476 g/mol. The van der Waals surface area contributed by atoms with Crippen molar-refractivity contribution in [2.24, 2.45) is 5.92 Å². The lowest BCUT2D eigenvalue weighted by atomic mass is 10.0. The Hall–Kier alpha value is -3.73. The monoisotopic (exact) mass is 475 g/mol. The van der Waals surface area contributed by atoms with Crippen LogP contribution in [0.2, 0.25) is 0 Å². The van der Waals surface area contributed by atoms with Gasteiger partial charge in [0.2, 0.25) is 0 Å². The number of carbonyl (C=O) groups excluding carboxylic acids is 1. The minimum Gasteiger partial charge on any atom is -0.464 e. The summed E-state index contributed by atoms with van der Waals surface area (Å²) >= 11 is 0. The molecule has 1 unspecified atom stereocenters. The number of para-hydroxylation sites is 2. The molecule has 0 spiro atoms. The summed E-state index contributed by atoms with van der Waals surface area (Å²) in [4.78, 5) is 26.8. The standard InChI is InChI=1S/C27H30FN5O2/c1-3-19(4-2)18-35-27(34)22(17-29)25-26(31-24-8-6-5-7-23(24)30-25)33-15-13-32(14-16-33)21-11-9-20(28)10-12-21/h5-12,19,22H,3-4,13-16,18H2,1-2H3. The molecule has 1 aliphatic rings. The van der Waals surface area contributed by atoms with Crippen molar-refractivity contribution >= 4 is 28.5 Å². The summed E-state index contributed by atoms with van der Waals surface area (Å²) in [7, 11) is 0. The van der Waals surface area contributed by atoms with Crippen molar-refractivity contribution in [2.45, 2.75) is 32.6 Å². The first-order valence-electron chi connectivity index (χ1n) is 12.1. The molecule has 35 heavy (non-hydrogen) atoms. The summed E-state index contributed by atoms with van der Waals surface area (Å²) in [6, 6.07) is 16.0. The van der Waals surface area contributed by atoms with E-state index >= 15 is 0 Å². The van der Waals surface area contributed by atoms with Gasteiger partial charge in [-0.25, -0.2) is 14.4 Å². The number of hydrogen-bond acceptors (Lipinski definition) is 7. The number of aromatic nitrogens is 2. The van der Waals surface area contributed by atoms with Crippen LogP contribution in [-0.2, 0) is 9.53 Å². The highest BCUT2D eigenvalue weighted by Gasteiger charge is 2.31. The van der Waals surface area contributed by atoms with Crippen LogP contribution in [0, 0.1) is 23.1 Å². The van der Waals surface area contributed by atoms with E-state index in [0.29, 0.717) is 48.7 Å². The molecule has 0 N–H and O–H groups in total. The summed E-state index contributed by atoms with van der Waals surface area (Å²) in [5.41, 5.74) is 2.62. The van der Waals surface area contributed by atoms with Crippen molar-refractivity contribution < 1.29 is 13.9 Å². The first-order chi connectivity index (χ1) is 17.0. The molecular formula is C27H30FN5O2. The van der Waals surface area contributed by atoms with Crippen LogP contribution in [0.4, 0.5) is 15.9 Å². The maximum Gasteiger partial charge on any atom is 0.329 e. The lowest BCUT2D eigenvalue weighted by molar-refractivity contribution is -0.145. The molecule has 0 amide bonds. The van der Waals surface area contributed by atoms with Gasteiger partial charge in [0.05, 0.1) is 23.7 Å². The number of fused-ring (bicyclic) bond motifs is 1. The van der Waals surface area contributed by atoms with Gasteiger partial charge in [-0.15, -0.1) is 0 Å². The van der Waals surface area contributed by atoms with Gasteiger partial charge in [-0.3, -0.25) is 4.79 Å². The number of piperazine rings is 1. The molecule has 1 atom stereocenters. The molecule has 1 fully saturated rings. The van der Waals surface area contributed by atoms with Gasteiger partial charge in [0.15, 0.2) is 11.7 Å². The van der Waals surface area contributed by atoms with Crippen LogP contribution < -0.4 is 9.80 Å². The first-order valence-corrected chi connectivity index (χ1v) is 12.1. The Bertz CT molecular complexity index is 1200. The third kappa shape index (κ3) is 5.51. The van der Waals surface area contributed by atoms with Crippen molar-refractivity contribution in [3.63, 3.8) is 0 Å². The highest BCUT2D eigenvalue weighted by atomic mass is 19.1. The van der Waals surface area contributed by atoms with Crippen LogP contribution >= 0.6 is 0 Å². The number of carbonyl (C=O) groups is 1. The van der Waals surface area contributed by atoms with Crippen molar-refractivity contribution in [1.82, 2.24) is 9.97 Å². The van der Waals surface area contributed by atoms with E-state index in [0.717, 1.165) is 18.5 Å². The minimum absolute atomic E-state index is 0.262. The fraction of sp³-hybridized carbons (Fsp3) is 0.407. The molecule has 182 valence electrons. The Balaban J connectivity index is 1.60. The third-order valence-corrected chi connectivity index (χ3v) is 6.60. The number of anilines is 2. The fourth-order valence-corrected chi connectivity index (χ4v) is 4.29. The Morgan fingerprint density at radius 1 is 1.00 bits per heavy atom. The molecule has 8 heteroatoms. The van der Waals surface area contributed by atoms with Crippen LogP contribution in [0.3, 0.4) is 0 Å². The van der Waals surface area contributed by atoms with E-state index in [4.69, 9.17) is 14.7 Å². The second-order valence-corrected chi connectivity index (χ2v) is 8.75. The second kappa shape index (κ2) is 11.1. The summed E-state index contributed by atoms with van der Waals surface area (Å²) in [5, 5.41) is 9.96. The van der Waals surface area contributed by atoms with Gasteiger partial charge < -0.3 is 14.5 Å². The number of halogens is 1. The summed E-state index contributed by atoms with van der Waals surface area (Å²) in [5.74, 6) is -1.21. The molecule has 4 rings (SSSR count). The van der Waals surface area contributed by atoms with Crippen molar-refractivity contribution in [3.05, 3.63) is 60.0 Å². The Kier molecular flexibility index (Phi) is 7.76. The maximum absolute atomic E-state index is 13.3. The Morgan fingerprint density at radius 2 is 1.60 bits per heavy atom. The van der Waals surface area contributed by atoms with Gasteiger partial charge in [0.1, 0.15) is 11.5 Å². The molecule has 2 heterocycles. The lowest BCUT2D eigenvalue weighted by Gasteiger charge is -2.37. The molecule has 3 aromatic rings. The smallest absolute Gasteiger partial charge is 0.329 e. The van der Waals surface area contributed by atoms with Crippen LogP contribution in [0.25, 0.3) is 11.0 Å². The van der Waals surface area contributed by atoms with Crippen LogP contribution in [0.1, 0.15) is 38.3 Å². The number of esters is 1. The predicted molar refractivity (Wildman–Crippen MR) is 134 cm³/mol. The molecule has 2 aromatic carbocycles. The van der Waals surface area contributed by atoms with Gasteiger partial charge in [0.25, 0.3) is 0 Å². The molecule has 1 aliphatic heterocycles. The molecule has 0 bridgehead atoms. The number of ether oxygens (including phenoxy) is 1. The normalized spacial score (nSPS) is 14.7. The zero-order valence-electron chi connectivity index (χ0n) is 20.2. The maximum atomic E-state index is 13.3. The van der Waals surface area contributed by atoms with Crippen LogP contribution in [0.5, 0.6) is 0 Å². The molecule has 0 radical (unpaired) electrons. The van der Waals surface area contributed by atoms with Gasteiger partial charge >= 0.3 is 5.97 Å². The number of nitrogens with zero attached hydrogens (tertiary/aromatic N) is 5. The minimum atomic E-state index is -1.16. The zero-order chi connectivity index (χ0) is 24.8. The third-order valence-electron chi connectivity index (χ3n) is 6.60. The SMILES string of the molecule is CCC(CC)COC(=O)C(C#N)c1nc2ccccc2nc1N1CCN(c2ccc(F)cc2)CC1. The van der Waals surface area contributed by atoms with Crippen molar-refractivity contribution in [3.8, 4) is 6.07 Å². The van der Waals surface area contributed by atoms with Crippen molar-refractivity contribution in [1.29, 1.82) is 5.26 Å². The molecule has 0 aliphatic carbocycles. The molecule has 1 saturated heterocycles. The largest absolute Gasteiger partial charge is 0.464 e. The number of hydrogen-bond donors (Lipinski definition) is 0. The van der Waals surface area contributed by atoms with Crippen molar-refractivity contribution in [2.75, 3.05) is 42.6 Å². The van der Waals surface area contributed by atoms with E-state index in [9.17, 15) is 14.4 Å². The van der Waals surface area contributed by atoms with Gasteiger partial charge in [-0.2, -0.15) is 5.26 Å². The van der Waals surface area contributed by atoms with E-state index in [1.54, 1.807) is 12.1 Å². The van der Waals surface area contributed by atoms with Crippen LogP contribution in [-0.4, -0.2) is 48.7 Å². The predicted octanol–water partition coefficient (Wildman–Crippen LogP) is 4.68. The van der Waals surface area contributed by atoms with Gasteiger partial charge in [-0.1, -0.05) is 38.8 Å². The van der Waals surface area contributed by atoms with E-state index in [2.05, 4.69) is 29.7 Å². The highest BCUT2D eigenvalue weighted by molar-refractivity contribution is 5.85. The summed E-state index contributed by atoms with van der Waals surface area (Å²) < 4.78 is 18.9. The fourth-order valence-electron chi connectivity index (χ4n) is 4.29. The number of benzene rings is 2. The lowest BCUT2D eigenvalue weighted by Crippen LogP contribution is -2.47. The number of nitriles is 1. The average Bonchev–Trinajstić information content (AvgIpc) is 2.90. The first kappa shape index (κ1) is 24.4. The molecule has 0 saturated carbocycles. The van der Waals surface area contributed by atoms with Crippen LogP contribution in [0.15, 0.2) is 48.5 Å².